The van der Waals surface area contributed by atoms with E-state index in [-0.39, 0.29) is 0 Å². The number of thioether (sulfide) groups is 1. The molecule has 1 N–H and O–H groups in total. The zero-order chi connectivity index (χ0) is 12.3. The first-order valence-electron chi connectivity index (χ1n) is 6.08. The fourth-order valence-electron chi connectivity index (χ4n) is 1.75. The van der Waals surface area contributed by atoms with Gasteiger partial charge in [-0.25, -0.2) is 4.98 Å². The predicted molar refractivity (Wildman–Crippen MR) is 73.4 cm³/mol. The second-order valence-electron chi connectivity index (χ2n) is 4.68. The fourth-order valence-corrected chi connectivity index (χ4v) is 2.80. The molecule has 1 unspecified atom stereocenters. The summed E-state index contributed by atoms with van der Waals surface area (Å²) in [5, 5.41) is 5.13. The largest absolute Gasteiger partial charge is 0.364 e. The molecule has 5 heteroatoms. The molecular formula is C12H20N4S. The molecule has 0 bridgehead atoms. The molecular weight excluding hydrogens is 232 g/mol. The van der Waals surface area contributed by atoms with Crippen molar-refractivity contribution in [3.8, 4) is 0 Å². The molecule has 0 saturated heterocycles. The van der Waals surface area contributed by atoms with E-state index in [1.54, 1.807) is 0 Å². The highest BCUT2D eigenvalue weighted by Gasteiger charge is 2.21. The zero-order valence-corrected chi connectivity index (χ0v) is 11.5. The van der Waals surface area contributed by atoms with Gasteiger partial charge in [-0.2, -0.15) is 0 Å². The highest BCUT2D eigenvalue weighted by molar-refractivity contribution is 8.14. The third-order valence-electron chi connectivity index (χ3n) is 2.97. The van der Waals surface area contributed by atoms with Crippen LogP contribution < -0.4 is 5.32 Å². The maximum Gasteiger partial charge on any atom is 0.156 e. The van der Waals surface area contributed by atoms with Crippen LogP contribution in [0.4, 0.5) is 0 Å². The second kappa shape index (κ2) is 5.58. The molecule has 1 aromatic rings. The van der Waals surface area contributed by atoms with E-state index >= 15 is 0 Å². The van der Waals surface area contributed by atoms with Gasteiger partial charge >= 0.3 is 0 Å². The average molecular weight is 252 g/mol. The number of aromatic nitrogens is 2. The van der Waals surface area contributed by atoms with Gasteiger partial charge in [0.1, 0.15) is 5.82 Å². The molecule has 1 aliphatic heterocycles. The van der Waals surface area contributed by atoms with E-state index in [0.29, 0.717) is 11.2 Å². The van der Waals surface area contributed by atoms with Gasteiger partial charge in [0.05, 0.1) is 6.54 Å². The van der Waals surface area contributed by atoms with Crippen molar-refractivity contribution < 1.29 is 0 Å². The van der Waals surface area contributed by atoms with Gasteiger partial charge in [-0.3, -0.25) is 4.99 Å². The summed E-state index contributed by atoms with van der Waals surface area (Å²) in [5.74, 6) is 1.80. The van der Waals surface area contributed by atoms with Crippen molar-refractivity contribution in [2.75, 3.05) is 13.1 Å². The molecule has 1 atom stereocenters. The Balaban J connectivity index is 1.72. The summed E-state index contributed by atoms with van der Waals surface area (Å²) in [6.45, 7) is 6.36. The van der Waals surface area contributed by atoms with Crippen LogP contribution in [0.15, 0.2) is 17.4 Å². The molecule has 0 aromatic carbocycles. The van der Waals surface area contributed by atoms with Gasteiger partial charge in [0.2, 0.25) is 0 Å². The summed E-state index contributed by atoms with van der Waals surface area (Å²) in [7, 11) is 2.03. The van der Waals surface area contributed by atoms with Gasteiger partial charge < -0.3 is 9.88 Å². The summed E-state index contributed by atoms with van der Waals surface area (Å²) in [6.07, 6.45) is 4.76. The quantitative estimate of drug-likeness (QED) is 0.886. The smallest absolute Gasteiger partial charge is 0.156 e. The summed E-state index contributed by atoms with van der Waals surface area (Å²) in [6, 6.07) is 0. The first kappa shape index (κ1) is 12.5. The minimum absolute atomic E-state index is 0.644. The van der Waals surface area contributed by atoms with Crippen LogP contribution in [0.1, 0.15) is 19.7 Å². The lowest BCUT2D eigenvalue weighted by molar-refractivity contribution is 0.621. The highest BCUT2D eigenvalue weighted by atomic mass is 32.2. The maximum atomic E-state index is 4.52. The van der Waals surface area contributed by atoms with Crippen molar-refractivity contribution in [2.24, 2.45) is 18.0 Å². The Bertz CT molecular complexity index is 397. The fraction of sp³-hybridized carbons (Fsp3) is 0.667. The van der Waals surface area contributed by atoms with E-state index in [1.165, 1.54) is 0 Å². The third kappa shape index (κ3) is 3.25. The molecule has 0 radical (unpaired) electrons. The average Bonchev–Trinajstić information content (AvgIpc) is 2.89. The van der Waals surface area contributed by atoms with Gasteiger partial charge in [-0.1, -0.05) is 25.6 Å². The lowest BCUT2D eigenvalue weighted by Gasteiger charge is -2.12. The Morgan fingerprint density at radius 3 is 3.00 bits per heavy atom. The van der Waals surface area contributed by atoms with Gasteiger partial charge in [0.25, 0.3) is 0 Å². The lowest BCUT2D eigenvalue weighted by Crippen LogP contribution is -2.23. The van der Waals surface area contributed by atoms with E-state index in [1.807, 2.05) is 31.2 Å². The van der Waals surface area contributed by atoms with Crippen molar-refractivity contribution in [3.63, 3.8) is 0 Å². The predicted octanol–water partition coefficient (Wildman–Crippen LogP) is 1.68. The van der Waals surface area contributed by atoms with Crippen LogP contribution in [0.25, 0.3) is 0 Å². The Morgan fingerprint density at radius 2 is 2.41 bits per heavy atom. The van der Waals surface area contributed by atoms with Gasteiger partial charge in [-0.05, 0) is 5.92 Å². The van der Waals surface area contributed by atoms with Crippen molar-refractivity contribution in [1.82, 2.24) is 14.9 Å². The number of rotatable bonds is 4. The molecule has 4 nitrogen and oxygen atoms in total. The zero-order valence-electron chi connectivity index (χ0n) is 10.7. The summed E-state index contributed by atoms with van der Waals surface area (Å²) >= 11 is 1.87. The molecule has 0 spiro atoms. The van der Waals surface area contributed by atoms with Crippen LogP contribution in [0.3, 0.4) is 0 Å². The minimum atomic E-state index is 0.644. The number of aliphatic imine (C=N–C) groups is 1. The number of nitrogens with zero attached hydrogens (tertiary/aromatic N) is 3. The highest BCUT2D eigenvalue weighted by Crippen LogP contribution is 2.25. The van der Waals surface area contributed by atoms with Crippen LogP contribution in [-0.2, 0) is 13.5 Å². The SMILES string of the molecule is CC(C)C1CN=C(NCCc2nccn2C)S1. The van der Waals surface area contributed by atoms with Crippen molar-refractivity contribution in [3.05, 3.63) is 18.2 Å². The van der Waals surface area contributed by atoms with E-state index in [0.717, 1.165) is 30.5 Å². The third-order valence-corrected chi connectivity index (χ3v) is 4.46. The number of hydrogen-bond donors (Lipinski definition) is 1. The number of aryl methyl sites for hydroxylation is 1. The maximum absolute atomic E-state index is 4.52. The molecule has 0 amide bonds. The van der Waals surface area contributed by atoms with Crippen molar-refractivity contribution >= 4 is 16.9 Å². The standard InChI is InChI=1S/C12H20N4S/c1-9(2)10-8-15-12(17-10)14-5-4-11-13-6-7-16(11)3/h6-7,9-10H,4-5,8H2,1-3H3,(H,14,15). The van der Waals surface area contributed by atoms with E-state index in [9.17, 15) is 0 Å². The number of imidazole rings is 1. The van der Waals surface area contributed by atoms with E-state index in [4.69, 9.17) is 0 Å². The molecule has 1 aromatic heterocycles. The van der Waals surface area contributed by atoms with Crippen molar-refractivity contribution in [1.29, 1.82) is 0 Å². The lowest BCUT2D eigenvalue weighted by atomic mass is 10.1. The summed E-state index contributed by atoms with van der Waals surface area (Å²) < 4.78 is 2.06. The minimum Gasteiger partial charge on any atom is -0.364 e. The Hall–Kier alpha value is -0.970. The monoisotopic (exact) mass is 252 g/mol. The molecule has 1 aliphatic rings. The Labute approximate surface area is 107 Å². The molecule has 17 heavy (non-hydrogen) atoms. The number of amidine groups is 1. The van der Waals surface area contributed by atoms with Crippen LogP contribution in [-0.4, -0.2) is 33.1 Å². The molecule has 94 valence electrons. The van der Waals surface area contributed by atoms with Crippen LogP contribution in [0.2, 0.25) is 0 Å². The Kier molecular flexibility index (Phi) is 4.10. The normalized spacial score (nSPS) is 19.8. The number of hydrogen-bond acceptors (Lipinski definition) is 4. The molecule has 0 aliphatic carbocycles. The second-order valence-corrected chi connectivity index (χ2v) is 5.91. The van der Waals surface area contributed by atoms with Gasteiger partial charge in [-0.15, -0.1) is 0 Å². The molecule has 2 heterocycles. The molecule has 0 fully saturated rings. The topological polar surface area (TPSA) is 42.2 Å². The van der Waals surface area contributed by atoms with Crippen LogP contribution >= 0.6 is 11.8 Å². The molecule has 2 rings (SSSR count). The van der Waals surface area contributed by atoms with Gasteiger partial charge in [0, 0.05) is 37.7 Å². The Morgan fingerprint density at radius 1 is 1.59 bits per heavy atom. The van der Waals surface area contributed by atoms with Crippen LogP contribution in [0.5, 0.6) is 0 Å². The first-order chi connectivity index (χ1) is 8.16. The summed E-state index contributed by atoms with van der Waals surface area (Å²) in [4.78, 5) is 8.82. The van der Waals surface area contributed by atoms with Crippen LogP contribution in [0, 0.1) is 5.92 Å². The van der Waals surface area contributed by atoms with Crippen molar-refractivity contribution in [2.45, 2.75) is 25.5 Å². The first-order valence-corrected chi connectivity index (χ1v) is 6.96. The summed E-state index contributed by atoms with van der Waals surface area (Å²) in [5.41, 5.74) is 0. The van der Waals surface area contributed by atoms with E-state index in [2.05, 4.69) is 33.7 Å². The molecule has 0 saturated carbocycles. The van der Waals surface area contributed by atoms with Gasteiger partial charge in [0.15, 0.2) is 5.17 Å². The number of nitrogens with one attached hydrogen (secondary N) is 1. The van der Waals surface area contributed by atoms with E-state index < -0.39 is 0 Å².